The number of hydrogen-bond donors (Lipinski definition) is 2. The average Bonchev–Trinajstić information content (AvgIpc) is 3.17. The Morgan fingerprint density at radius 1 is 1.35 bits per heavy atom. The highest BCUT2D eigenvalue weighted by atomic mass is 19.1. The Kier molecular flexibility index (Phi) is 5.28. The number of aromatic nitrogens is 4. The van der Waals surface area contributed by atoms with Crippen LogP contribution in [0.2, 0.25) is 0 Å². The van der Waals surface area contributed by atoms with Gasteiger partial charge in [0.05, 0.1) is 25.1 Å². The van der Waals surface area contributed by atoms with Crippen LogP contribution in [0.3, 0.4) is 0 Å². The van der Waals surface area contributed by atoms with E-state index < -0.39 is 18.3 Å². The number of likely N-dealkylation sites (tertiary alicyclic amines) is 1. The quantitative estimate of drug-likeness (QED) is 0.811. The lowest BCUT2D eigenvalue weighted by molar-refractivity contribution is -0.137. The lowest BCUT2D eigenvalue weighted by Gasteiger charge is -2.36. The monoisotopic (exact) mass is 363 g/mol. The van der Waals surface area contributed by atoms with Crippen molar-refractivity contribution in [3.05, 3.63) is 30.2 Å². The summed E-state index contributed by atoms with van der Waals surface area (Å²) < 4.78 is 15.5. The summed E-state index contributed by atoms with van der Waals surface area (Å²) in [5.41, 5.74) is 0.273. The third-order valence-corrected chi connectivity index (χ3v) is 4.80. The molecule has 1 unspecified atom stereocenters. The first-order chi connectivity index (χ1) is 12.5. The molecule has 8 nitrogen and oxygen atoms in total. The van der Waals surface area contributed by atoms with Crippen molar-refractivity contribution in [2.24, 2.45) is 0 Å². The summed E-state index contributed by atoms with van der Waals surface area (Å²) in [5.74, 6) is -0.157. The first kappa shape index (κ1) is 18.4. The standard InChI is InChI=1S/C17H22FN5O3/c1-12(16(26)22-6-4-17(18,11-25)5-7-22)23-9-15(20-21-23)13-2-3-14(10-24)19-8-13/h2-3,8-9,12,24-25H,4-7,10-11H2,1H3. The van der Waals surface area contributed by atoms with Crippen LogP contribution in [0.15, 0.2) is 24.5 Å². The largest absolute Gasteiger partial charge is 0.393 e. The van der Waals surface area contributed by atoms with Crippen molar-refractivity contribution < 1.29 is 19.4 Å². The first-order valence-electron chi connectivity index (χ1n) is 8.52. The number of aliphatic hydroxyl groups excluding tert-OH is 2. The molecule has 0 bridgehead atoms. The van der Waals surface area contributed by atoms with Crippen LogP contribution in [-0.4, -0.2) is 66.4 Å². The maximum Gasteiger partial charge on any atom is 0.247 e. The number of pyridine rings is 1. The Labute approximate surface area is 150 Å². The van der Waals surface area contributed by atoms with E-state index in [1.165, 1.54) is 4.68 Å². The minimum absolute atomic E-state index is 0.132. The molecule has 2 aromatic heterocycles. The normalized spacial score (nSPS) is 17.9. The average molecular weight is 363 g/mol. The van der Waals surface area contributed by atoms with Gasteiger partial charge in [-0.15, -0.1) is 5.10 Å². The number of rotatable bonds is 5. The maximum atomic E-state index is 14.1. The predicted molar refractivity (Wildman–Crippen MR) is 90.6 cm³/mol. The molecule has 2 N–H and O–H groups in total. The van der Waals surface area contributed by atoms with Crippen molar-refractivity contribution in [3.8, 4) is 11.3 Å². The van der Waals surface area contributed by atoms with Gasteiger partial charge in [-0.05, 0) is 19.1 Å². The summed E-state index contributed by atoms with van der Waals surface area (Å²) in [6.45, 7) is 1.62. The van der Waals surface area contributed by atoms with Crippen LogP contribution in [0.5, 0.6) is 0 Å². The Morgan fingerprint density at radius 3 is 2.65 bits per heavy atom. The molecule has 3 rings (SSSR count). The molecule has 1 aliphatic rings. The molecule has 2 aromatic rings. The van der Waals surface area contributed by atoms with Gasteiger partial charge in [-0.2, -0.15) is 0 Å². The number of aliphatic hydroxyl groups is 2. The third kappa shape index (κ3) is 3.73. The van der Waals surface area contributed by atoms with Gasteiger partial charge in [0.25, 0.3) is 0 Å². The van der Waals surface area contributed by atoms with Crippen LogP contribution in [-0.2, 0) is 11.4 Å². The molecule has 140 valence electrons. The van der Waals surface area contributed by atoms with Gasteiger partial charge in [0.1, 0.15) is 17.4 Å². The second-order valence-corrected chi connectivity index (χ2v) is 6.59. The van der Waals surface area contributed by atoms with Crippen molar-refractivity contribution in [1.82, 2.24) is 24.9 Å². The van der Waals surface area contributed by atoms with E-state index in [9.17, 15) is 9.18 Å². The molecule has 0 radical (unpaired) electrons. The Bertz CT molecular complexity index is 756. The molecular formula is C17H22FN5O3. The summed E-state index contributed by atoms with van der Waals surface area (Å²) in [4.78, 5) is 18.3. The SMILES string of the molecule is CC(C(=O)N1CCC(F)(CO)CC1)n1cc(-c2ccc(CO)nc2)nn1. The van der Waals surface area contributed by atoms with E-state index in [4.69, 9.17) is 10.2 Å². The second-order valence-electron chi connectivity index (χ2n) is 6.59. The van der Waals surface area contributed by atoms with Crippen LogP contribution in [0.4, 0.5) is 4.39 Å². The zero-order valence-corrected chi connectivity index (χ0v) is 14.5. The van der Waals surface area contributed by atoms with E-state index in [0.29, 0.717) is 11.4 Å². The number of hydrogen-bond acceptors (Lipinski definition) is 6. The number of amides is 1. The number of alkyl halides is 1. The van der Waals surface area contributed by atoms with Gasteiger partial charge in [0, 0.05) is 37.7 Å². The zero-order chi connectivity index (χ0) is 18.7. The number of piperidine rings is 1. The summed E-state index contributed by atoms with van der Waals surface area (Å²) in [6.07, 6.45) is 3.52. The van der Waals surface area contributed by atoms with Crippen LogP contribution in [0, 0.1) is 0 Å². The van der Waals surface area contributed by atoms with E-state index in [-0.39, 0.29) is 38.4 Å². The summed E-state index contributed by atoms with van der Waals surface area (Å²) in [5, 5.41) is 26.2. The Morgan fingerprint density at radius 2 is 2.08 bits per heavy atom. The smallest absolute Gasteiger partial charge is 0.247 e. The first-order valence-corrected chi connectivity index (χ1v) is 8.52. The second kappa shape index (κ2) is 7.46. The summed E-state index contributed by atoms with van der Waals surface area (Å²) >= 11 is 0. The van der Waals surface area contributed by atoms with Crippen molar-refractivity contribution in [2.75, 3.05) is 19.7 Å². The lowest BCUT2D eigenvalue weighted by Crippen LogP contribution is -2.48. The van der Waals surface area contributed by atoms with Gasteiger partial charge >= 0.3 is 0 Å². The highest BCUT2D eigenvalue weighted by Crippen LogP contribution is 2.27. The molecule has 1 fully saturated rings. The van der Waals surface area contributed by atoms with Crippen LogP contribution in [0.1, 0.15) is 31.5 Å². The van der Waals surface area contributed by atoms with Crippen molar-refractivity contribution >= 4 is 5.91 Å². The Hall–Kier alpha value is -2.39. The number of carbonyl (C=O) groups is 1. The molecule has 0 aromatic carbocycles. The molecule has 0 saturated carbocycles. The highest BCUT2D eigenvalue weighted by Gasteiger charge is 2.36. The molecule has 1 saturated heterocycles. The molecule has 9 heteroatoms. The van der Waals surface area contributed by atoms with Crippen molar-refractivity contribution in [3.63, 3.8) is 0 Å². The van der Waals surface area contributed by atoms with Crippen molar-refractivity contribution in [1.29, 1.82) is 0 Å². The summed E-state index contributed by atoms with van der Waals surface area (Å²) in [6, 6.07) is 2.91. The van der Waals surface area contributed by atoms with E-state index in [1.807, 2.05) is 0 Å². The summed E-state index contributed by atoms with van der Waals surface area (Å²) in [7, 11) is 0. The van der Waals surface area contributed by atoms with Gasteiger partial charge in [-0.25, -0.2) is 9.07 Å². The van der Waals surface area contributed by atoms with E-state index >= 15 is 0 Å². The number of nitrogens with zero attached hydrogens (tertiary/aromatic N) is 5. The van der Waals surface area contributed by atoms with Gasteiger partial charge in [0.2, 0.25) is 5.91 Å². The molecule has 3 heterocycles. The Balaban J connectivity index is 1.67. The molecule has 26 heavy (non-hydrogen) atoms. The van der Waals surface area contributed by atoms with Crippen LogP contribution >= 0.6 is 0 Å². The van der Waals surface area contributed by atoms with E-state index in [1.54, 1.807) is 36.4 Å². The lowest BCUT2D eigenvalue weighted by atomic mass is 9.94. The fraction of sp³-hybridized carbons (Fsp3) is 0.529. The zero-order valence-electron chi connectivity index (χ0n) is 14.5. The van der Waals surface area contributed by atoms with Crippen LogP contribution in [0.25, 0.3) is 11.3 Å². The minimum Gasteiger partial charge on any atom is -0.393 e. The molecule has 0 spiro atoms. The van der Waals surface area contributed by atoms with Crippen molar-refractivity contribution in [2.45, 2.75) is 38.1 Å². The maximum absolute atomic E-state index is 14.1. The molecule has 0 aliphatic carbocycles. The number of halogens is 1. The molecule has 1 atom stereocenters. The van der Waals surface area contributed by atoms with E-state index in [2.05, 4.69) is 15.3 Å². The number of carbonyl (C=O) groups excluding carboxylic acids is 1. The fourth-order valence-corrected chi connectivity index (χ4v) is 2.93. The van der Waals surface area contributed by atoms with Gasteiger partial charge < -0.3 is 15.1 Å². The van der Waals surface area contributed by atoms with E-state index in [0.717, 1.165) is 5.56 Å². The van der Waals surface area contributed by atoms with Gasteiger partial charge in [0.15, 0.2) is 0 Å². The van der Waals surface area contributed by atoms with Gasteiger partial charge in [-0.3, -0.25) is 9.78 Å². The molecule has 1 aliphatic heterocycles. The fourth-order valence-electron chi connectivity index (χ4n) is 2.93. The molecule has 1 amide bonds. The predicted octanol–water partition coefficient (Wildman–Crippen LogP) is 0.716. The van der Waals surface area contributed by atoms with Gasteiger partial charge in [-0.1, -0.05) is 5.21 Å². The molecular weight excluding hydrogens is 341 g/mol. The van der Waals surface area contributed by atoms with Crippen LogP contribution < -0.4 is 0 Å². The highest BCUT2D eigenvalue weighted by molar-refractivity contribution is 5.80. The third-order valence-electron chi connectivity index (χ3n) is 4.80. The minimum atomic E-state index is -1.59. The topological polar surface area (TPSA) is 104 Å².